The van der Waals surface area contributed by atoms with Crippen LogP contribution in [-0.2, 0) is 14.3 Å². The van der Waals surface area contributed by atoms with Crippen LogP contribution in [0.4, 0.5) is 0 Å². The maximum atomic E-state index is 11.9. The van der Waals surface area contributed by atoms with E-state index < -0.39 is 5.97 Å². The van der Waals surface area contributed by atoms with Gasteiger partial charge in [-0.1, -0.05) is 6.07 Å². The van der Waals surface area contributed by atoms with Crippen LogP contribution >= 0.6 is 0 Å². The van der Waals surface area contributed by atoms with Gasteiger partial charge < -0.3 is 24.6 Å². The summed E-state index contributed by atoms with van der Waals surface area (Å²) in [7, 11) is 0. The monoisotopic (exact) mass is 307 g/mol. The lowest BCUT2D eigenvalue weighted by molar-refractivity contribution is -0.122. The Morgan fingerprint density at radius 1 is 1.32 bits per heavy atom. The molecule has 1 aliphatic heterocycles. The molecule has 1 aromatic carbocycles. The highest BCUT2D eigenvalue weighted by molar-refractivity contribution is 5.91. The Morgan fingerprint density at radius 2 is 2.09 bits per heavy atom. The van der Waals surface area contributed by atoms with E-state index in [0.717, 1.165) is 0 Å². The number of carboxylic acid groups (broad SMARTS) is 1. The van der Waals surface area contributed by atoms with Gasteiger partial charge in [-0.05, 0) is 25.1 Å². The van der Waals surface area contributed by atoms with Crippen molar-refractivity contribution in [2.75, 3.05) is 26.4 Å². The molecule has 0 bridgehead atoms. The fourth-order valence-electron chi connectivity index (χ4n) is 1.86. The fourth-order valence-corrected chi connectivity index (χ4v) is 1.86. The summed E-state index contributed by atoms with van der Waals surface area (Å²) in [6.07, 6.45) is 0. The van der Waals surface area contributed by atoms with E-state index >= 15 is 0 Å². The van der Waals surface area contributed by atoms with E-state index in [-0.39, 0.29) is 30.4 Å². The van der Waals surface area contributed by atoms with E-state index in [2.05, 4.69) is 5.32 Å². The van der Waals surface area contributed by atoms with E-state index in [0.29, 0.717) is 24.7 Å². The van der Waals surface area contributed by atoms with Gasteiger partial charge in [-0.15, -0.1) is 0 Å². The summed E-state index contributed by atoms with van der Waals surface area (Å²) in [6, 6.07) is 6.15. The molecule has 1 heterocycles. The molecule has 1 aliphatic rings. The minimum Gasteiger partial charge on any atom is -0.492 e. The Bertz CT molecular complexity index is 595. The van der Waals surface area contributed by atoms with Crippen LogP contribution in [0, 0.1) is 0 Å². The third-order valence-corrected chi connectivity index (χ3v) is 2.91. The van der Waals surface area contributed by atoms with Crippen molar-refractivity contribution < 1.29 is 28.9 Å². The van der Waals surface area contributed by atoms with Gasteiger partial charge in [-0.2, -0.15) is 0 Å². The van der Waals surface area contributed by atoms with Crippen molar-refractivity contribution in [3.63, 3.8) is 0 Å². The van der Waals surface area contributed by atoms with Gasteiger partial charge >= 0.3 is 5.97 Å². The molecule has 1 amide bonds. The molecule has 1 aromatic rings. The average molecular weight is 307 g/mol. The van der Waals surface area contributed by atoms with Crippen molar-refractivity contribution >= 4 is 11.9 Å². The minimum absolute atomic E-state index is 0.148. The Labute approximate surface area is 127 Å². The summed E-state index contributed by atoms with van der Waals surface area (Å²) in [5.74, 6) is -0.310. The lowest BCUT2D eigenvalue weighted by atomic mass is 10.2. The lowest BCUT2D eigenvalue weighted by Crippen LogP contribution is -2.32. The fraction of sp³-hybridized carbons (Fsp3) is 0.333. The third-order valence-electron chi connectivity index (χ3n) is 2.91. The molecule has 2 N–H and O–H groups in total. The summed E-state index contributed by atoms with van der Waals surface area (Å²) in [5, 5.41) is 11.5. The topological polar surface area (TPSA) is 94.1 Å². The molecule has 0 saturated carbocycles. The van der Waals surface area contributed by atoms with E-state index in [1.54, 1.807) is 19.1 Å². The highest BCUT2D eigenvalue weighted by atomic mass is 16.6. The number of carboxylic acids is 1. The zero-order valence-corrected chi connectivity index (χ0v) is 12.1. The number of benzene rings is 1. The standard InChI is InChI=1S/C15H17NO6/c1-10-13(22-8-7-20-10)14(17)16-5-6-21-12-4-2-3-11(9-12)15(18)19/h2-4,9H,5-8H2,1H3,(H,16,17)(H,18,19). The molecule has 0 aromatic heterocycles. The number of rotatable bonds is 6. The first-order valence-electron chi connectivity index (χ1n) is 6.79. The molecule has 0 atom stereocenters. The van der Waals surface area contributed by atoms with Crippen LogP contribution in [-0.4, -0.2) is 43.3 Å². The molecule has 0 unspecified atom stereocenters. The average Bonchev–Trinajstić information content (AvgIpc) is 2.52. The molecular weight excluding hydrogens is 290 g/mol. The zero-order valence-electron chi connectivity index (χ0n) is 12.1. The number of amides is 1. The SMILES string of the molecule is CC1=C(C(=O)NCCOc2cccc(C(=O)O)c2)OCCO1. The molecule has 118 valence electrons. The first-order valence-corrected chi connectivity index (χ1v) is 6.79. The van der Waals surface area contributed by atoms with Crippen LogP contribution in [0.3, 0.4) is 0 Å². The second-order valence-electron chi connectivity index (χ2n) is 4.52. The summed E-state index contributed by atoms with van der Waals surface area (Å²) in [6.45, 7) is 2.92. The Balaban J connectivity index is 1.78. The van der Waals surface area contributed by atoms with Crippen molar-refractivity contribution in [3.8, 4) is 5.75 Å². The molecule has 0 saturated heterocycles. The van der Waals surface area contributed by atoms with Crippen molar-refractivity contribution in [3.05, 3.63) is 41.3 Å². The number of allylic oxidation sites excluding steroid dienone is 1. The molecule has 0 fully saturated rings. The second-order valence-corrected chi connectivity index (χ2v) is 4.52. The number of aromatic carboxylic acids is 1. The Hall–Kier alpha value is -2.70. The van der Waals surface area contributed by atoms with Crippen LogP contribution in [0.25, 0.3) is 0 Å². The van der Waals surface area contributed by atoms with Gasteiger partial charge in [0, 0.05) is 0 Å². The third kappa shape index (κ3) is 4.15. The maximum absolute atomic E-state index is 11.9. The van der Waals surface area contributed by atoms with Crippen LogP contribution in [0.5, 0.6) is 5.75 Å². The van der Waals surface area contributed by atoms with Crippen molar-refractivity contribution in [2.45, 2.75) is 6.92 Å². The van der Waals surface area contributed by atoms with Crippen molar-refractivity contribution in [1.82, 2.24) is 5.32 Å². The van der Waals surface area contributed by atoms with Gasteiger partial charge in [-0.3, -0.25) is 4.79 Å². The predicted octanol–water partition coefficient (Wildman–Crippen LogP) is 1.16. The van der Waals surface area contributed by atoms with Gasteiger partial charge in [0.05, 0.1) is 12.1 Å². The van der Waals surface area contributed by atoms with Crippen molar-refractivity contribution in [2.24, 2.45) is 0 Å². The van der Waals surface area contributed by atoms with Crippen LogP contribution in [0.2, 0.25) is 0 Å². The Kier molecular flexibility index (Phi) is 5.24. The van der Waals surface area contributed by atoms with Crippen LogP contribution in [0.1, 0.15) is 17.3 Å². The number of carbonyl (C=O) groups excluding carboxylic acids is 1. The maximum Gasteiger partial charge on any atom is 0.335 e. The van der Waals surface area contributed by atoms with Crippen LogP contribution in [0.15, 0.2) is 35.8 Å². The summed E-state index contributed by atoms with van der Waals surface area (Å²) < 4.78 is 15.9. The quantitative estimate of drug-likeness (QED) is 0.766. The number of nitrogens with one attached hydrogen (secondary N) is 1. The highest BCUT2D eigenvalue weighted by Crippen LogP contribution is 2.14. The van der Waals surface area contributed by atoms with E-state index in [1.165, 1.54) is 12.1 Å². The molecule has 7 nitrogen and oxygen atoms in total. The molecule has 0 aliphatic carbocycles. The molecule has 7 heteroatoms. The normalized spacial score (nSPS) is 13.9. The molecule has 0 spiro atoms. The van der Waals surface area contributed by atoms with E-state index in [1.807, 2.05) is 0 Å². The molecule has 2 rings (SSSR count). The van der Waals surface area contributed by atoms with Gasteiger partial charge in [0.1, 0.15) is 31.3 Å². The number of hydrogen-bond acceptors (Lipinski definition) is 5. The minimum atomic E-state index is -1.02. The second kappa shape index (κ2) is 7.35. The van der Waals surface area contributed by atoms with E-state index in [4.69, 9.17) is 19.3 Å². The van der Waals surface area contributed by atoms with Crippen molar-refractivity contribution in [1.29, 1.82) is 0 Å². The molecule has 22 heavy (non-hydrogen) atoms. The Morgan fingerprint density at radius 3 is 2.82 bits per heavy atom. The van der Waals surface area contributed by atoms with Gasteiger partial charge in [0.2, 0.25) is 5.76 Å². The lowest BCUT2D eigenvalue weighted by Gasteiger charge is -2.19. The number of hydrogen-bond donors (Lipinski definition) is 2. The van der Waals surface area contributed by atoms with Gasteiger partial charge in [0.15, 0.2) is 0 Å². The van der Waals surface area contributed by atoms with E-state index in [9.17, 15) is 9.59 Å². The number of ether oxygens (including phenoxy) is 3. The zero-order chi connectivity index (χ0) is 15.9. The van der Waals surface area contributed by atoms with Gasteiger partial charge in [-0.25, -0.2) is 4.79 Å². The summed E-state index contributed by atoms with van der Waals surface area (Å²) >= 11 is 0. The highest BCUT2D eigenvalue weighted by Gasteiger charge is 2.19. The smallest absolute Gasteiger partial charge is 0.335 e. The number of carbonyl (C=O) groups is 2. The van der Waals surface area contributed by atoms with Gasteiger partial charge in [0.25, 0.3) is 5.91 Å². The first kappa shape index (κ1) is 15.7. The largest absolute Gasteiger partial charge is 0.492 e. The van der Waals surface area contributed by atoms with Crippen LogP contribution < -0.4 is 10.1 Å². The predicted molar refractivity (Wildman–Crippen MR) is 76.5 cm³/mol. The first-order chi connectivity index (χ1) is 10.6. The summed E-state index contributed by atoms with van der Waals surface area (Å²) in [4.78, 5) is 22.7. The molecular formula is C15H17NO6. The molecule has 0 radical (unpaired) electrons. The summed E-state index contributed by atoms with van der Waals surface area (Å²) in [5.41, 5.74) is 0.148.